The Kier molecular flexibility index (Phi) is 7.53. The van der Waals surface area contributed by atoms with E-state index >= 15 is 0 Å². The highest BCUT2D eigenvalue weighted by molar-refractivity contribution is 6.12. The maximum Gasteiger partial charge on any atom is 0.101 e. The average molecular weight is 713 g/mol. The lowest BCUT2D eigenvalue weighted by Crippen LogP contribution is -2.04. The molecule has 6 heteroatoms. The third kappa shape index (κ3) is 5.12. The van der Waals surface area contributed by atoms with Gasteiger partial charge in [-0.15, -0.1) is 0 Å². The predicted octanol–water partition coefficient (Wildman–Crippen LogP) is 11.9. The Labute approximate surface area is 322 Å². The van der Waals surface area contributed by atoms with E-state index in [1.165, 1.54) is 0 Å². The fraction of sp³-hybridized carbons (Fsp3) is 0. The molecule has 0 aliphatic heterocycles. The van der Waals surface area contributed by atoms with Crippen molar-refractivity contribution in [1.82, 2.24) is 14.1 Å². The summed E-state index contributed by atoms with van der Waals surface area (Å²) in [6.07, 6.45) is 3.60. The van der Waals surface area contributed by atoms with Crippen molar-refractivity contribution in [3.63, 3.8) is 0 Å². The molecular weight excluding hydrogens is 685 g/mol. The molecule has 0 radical (unpaired) electrons. The van der Waals surface area contributed by atoms with Crippen LogP contribution in [0.5, 0.6) is 0 Å². The molecule has 3 heterocycles. The molecule has 0 aliphatic rings. The molecule has 7 aromatic carbocycles. The standard InChI is InChI=1S/C50H28N6/c51-29-32-7-5-9-35(23-32)37-15-17-47-43(25-37)40-11-1-3-13-45(40)55(47)49-28-42(34-19-21-54-22-20-34)50(27-39(49)31-53)56-46-14-4-2-12-41(46)44-26-38(16-18-48(44)56)36-10-6-8-33(24-36)30-52/h1-28H. The molecule has 0 atom stereocenters. The van der Waals surface area contributed by atoms with Gasteiger partial charge in [-0.3, -0.25) is 4.98 Å². The van der Waals surface area contributed by atoms with Gasteiger partial charge in [0.2, 0.25) is 0 Å². The number of pyridine rings is 1. The van der Waals surface area contributed by atoms with Gasteiger partial charge in [0.15, 0.2) is 0 Å². The molecule has 3 aromatic heterocycles. The molecular formula is C50H28N6. The zero-order chi connectivity index (χ0) is 37.8. The van der Waals surface area contributed by atoms with E-state index in [0.29, 0.717) is 16.7 Å². The average Bonchev–Trinajstić information content (AvgIpc) is 3.78. The Morgan fingerprint density at radius 2 is 0.875 bits per heavy atom. The number of para-hydroxylation sites is 2. The van der Waals surface area contributed by atoms with Crippen molar-refractivity contribution in [3.8, 4) is 63.0 Å². The van der Waals surface area contributed by atoms with Crippen molar-refractivity contribution >= 4 is 43.6 Å². The monoisotopic (exact) mass is 712 g/mol. The van der Waals surface area contributed by atoms with Crippen LogP contribution in [0.25, 0.3) is 88.4 Å². The lowest BCUT2D eigenvalue weighted by Gasteiger charge is -2.19. The van der Waals surface area contributed by atoms with E-state index in [4.69, 9.17) is 0 Å². The number of nitriles is 3. The Morgan fingerprint density at radius 1 is 0.375 bits per heavy atom. The highest BCUT2D eigenvalue weighted by Crippen LogP contribution is 2.42. The number of fused-ring (bicyclic) bond motifs is 6. The van der Waals surface area contributed by atoms with Gasteiger partial charge in [-0.2, -0.15) is 15.8 Å². The van der Waals surface area contributed by atoms with E-state index in [-0.39, 0.29) is 0 Å². The summed E-state index contributed by atoms with van der Waals surface area (Å²) in [5, 5.41) is 34.4. The van der Waals surface area contributed by atoms with Gasteiger partial charge in [0.25, 0.3) is 0 Å². The van der Waals surface area contributed by atoms with Crippen LogP contribution in [0.3, 0.4) is 0 Å². The Bertz CT molecular complexity index is 3350. The van der Waals surface area contributed by atoms with Crippen LogP contribution in [-0.2, 0) is 0 Å². The summed E-state index contributed by atoms with van der Waals surface area (Å²) in [4.78, 5) is 4.34. The minimum atomic E-state index is 0.530. The van der Waals surface area contributed by atoms with Crippen LogP contribution in [-0.4, -0.2) is 14.1 Å². The van der Waals surface area contributed by atoms with Gasteiger partial charge in [-0.25, -0.2) is 0 Å². The second-order valence-corrected chi connectivity index (χ2v) is 13.8. The van der Waals surface area contributed by atoms with E-state index in [9.17, 15) is 15.8 Å². The molecule has 0 amide bonds. The first-order chi connectivity index (χ1) is 27.6. The normalized spacial score (nSPS) is 11.2. The van der Waals surface area contributed by atoms with Gasteiger partial charge in [-0.05, 0) is 113 Å². The minimum Gasteiger partial charge on any atom is -0.309 e. The van der Waals surface area contributed by atoms with Gasteiger partial charge in [0.1, 0.15) is 6.07 Å². The summed E-state index contributed by atoms with van der Waals surface area (Å²) >= 11 is 0. The summed E-state index contributed by atoms with van der Waals surface area (Å²) in [5.74, 6) is 0. The van der Waals surface area contributed by atoms with Gasteiger partial charge >= 0.3 is 0 Å². The lowest BCUT2D eigenvalue weighted by atomic mass is 9.99. The van der Waals surface area contributed by atoms with Crippen LogP contribution in [0.15, 0.2) is 170 Å². The number of aromatic nitrogens is 3. The van der Waals surface area contributed by atoms with Crippen LogP contribution in [0.2, 0.25) is 0 Å². The van der Waals surface area contributed by atoms with E-state index in [1.807, 2.05) is 84.9 Å². The van der Waals surface area contributed by atoms with Gasteiger partial charge < -0.3 is 9.13 Å². The van der Waals surface area contributed by atoms with Crippen molar-refractivity contribution in [2.75, 3.05) is 0 Å². The SMILES string of the molecule is N#Cc1cccc(-c2ccc3c(c2)c2ccccc2n3-c2cc(-c3ccncc3)c(-n3c4ccccc4c4cc(-c5cccc(C#N)c5)ccc43)cc2C#N)c1. The molecule has 0 unspecified atom stereocenters. The van der Waals surface area contributed by atoms with E-state index in [1.54, 1.807) is 12.4 Å². The maximum atomic E-state index is 11.0. The van der Waals surface area contributed by atoms with Gasteiger partial charge in [0, 0.05) is 39.5 Å². The molecule has 258 valence electrons. The highest BCUT2D eigenvalue weighted by atomic mass is 15.0. The topological polar surface area (TPSA) is 94.1 Å². The fourth-order valence-electron chi connectivity index (χ4n) is 8.16. The van der Waals surface area contributed by atoms with Crippen LogP contribution in [0.4, 0.5) is 0 Å². The maximum absolute atomic E-state index is 11.0. The Hall–Kier alpha value is -8.24. The predicted molar refractivity (Wildman–Crippen MR) is 223 cm³/mol. The molecule has 56 heavy (non-hydrogen) atoms. The lowest BCUT2D eigenvalue weighted by molar-refractivity contribution is 1.13. The van der Waals surface area contributed by atoms with Crippen molar-refractivity contribution < 1.29 is 0 Å². The largest absolute Gasteiger partial charge is 0.309 e. The Morgan fingerprint density at radius 3 is 1.41 bits per heavy atom. The second-order valence-electron chi connectivity index (χ2n) is 13.8. The minimum absolute atomic E-state index is 0.530. The first-order valence-corrected chi connectivity index (χ1v) is 18.2. The van der Waals surface area contributed by atoms with Crippen LogP contribution in [0.1, 0.15) is 16.7 Å². The first kappa shape index (κ1) is 32.4. The van der Waals surface area contributed by atoms with Gasteiger partial charge in [-0.1, -0.05) is 72.8 Å². The fourth-order valence-corrected chi connectivity index (χ4v) is 8.16. The third-order valence-electron chi connectivity index (χ3n) is 10.7. The first-order valence-electron chi connectivity index (χ1n) is 18.2. The number of rotatable bonds is 5. The molecule has 6 nitrogen and oxygen atoms in total. The number of benzene rings is 7. The smallest absolute Gasteiger partial charge is 0.101 e. The molecule has 0 aliphatic carbocycles. The van der Waals surface area contributed by atoms with E-state index in [2.05, 4.69) is 105 Å². The number of hydrogen-bond acceptors (Lipinski definition) is 4. The molecule has 10 rings (SSSR count). The van der Waals surface area contributed by atoms with Crippen molar-refractivity contribution in [2.45, 2.75) is 0 Å². The number of nitrogens with zero attached hydrogens (tertiary/aromatic N) is 6. The zero-order valence-electron chi connectivity index (χ0n) is 29.8. The van der Waals surface area contributed by atoms with Gasteiger partial charge in [0.05, 0.1) is 62.3 Å². The number of hydrogen-bond donors (Lipinski definition) is 0. The molecule has 0 N–H and O–H groups in total. The quantitative estimate of drug-likeness (QED) is 0.177. The van der Waals surface area contributed by atoms with Crippen LogP contribution >= 0.6 is 0 Å². The molecule has 0 saturated heterocycles. The van der Waals surface area contributed by atoms with Crippen molar-refractivity contribution in [1.29, 1.82) is 15.8 Å². The Balaban J connectivity index is 1.24. The summed E-state index contributed by atoms with van der Waals surface area (Å²) in [5.41, 5.74) is 13.3. The summed E-state index contributed by atoms with van der Waals surface area (Å²) in [7, 11) is 0. The molecule has 0 fully saturated rings. The molecule has 0 bridgehead atoms. The van der Waals surface area contributed by atoms with Crippen LogP contribution in [0, 0.1) is 34.0 Å². The molecule has 0 saturated carbocycles. The van der Waals surface area contributed by atoms with Crippen molar-refractivity contribution in [2.24, 2.45) is 0 Å². The summed E-state index contributed by atoms with van der Waals surface area (Å²) < 4.78 is 4.45. The zero-order valence-corrected chi connectivity index (χ0v) is 29.8. The summed E-state index contributed by atoms with van der Waals surface area (Å²) in [6, 6.07) is 60.1. The van der Waals surface area contributed by atoms with Crippen LogP contribution < -0.4 is 0 Å². The van der Waals surface area contributed by atoms with E-state index < -0.39 is 0 Å². The molecule has 10 aromatic rings. The van der Waals surface area contributed by atoms with Crippen molar-refractivity contribution in [3.05, 3.63) is 187 Å². The summed E-state index contributed by atoms with van der Waals surface area (Å²) in [6.45, 7) is 0. The highest BCUT2D eigenvalue weighted by Gasteiger charge is 2.22. The van der Waals surface area contributed by atoms with E-state index in [0.717, 1.165) is 88.4 Å². The third-order valence-corrected chi connectivity index (χ3v) is 10.7. The molecule has 0 spiro atoms. The second kappa shape index (κ2) is 13.0.